The van der Waals surface area contributed by atoms with E-state index < -0.39 is 0 Å². The predicted molar refractivity (Wildman–Crippen MR) is 104 cm³/mol. The molecule has 3 aromatic rings. The Labute approximate surface area is 158 Å². The molecule has 6 nitrogen and oxygen atoms in total. The fourth-order valence-corrected chi connectivity index (χ4v) is 3.65. The lowest BCUT2D eigenvalue weighted by Gasteiger charge is -2.34. The van der Waals surface area contributed by atoms with Crippen LogP contribution in [0.4, 0.5) is 5.69 Å². The molecule has 0 unspecified atom stereocenters. The number of aryl methyl sites for hydroxylation is 1. The van der Waals surface area contributed by atoms with E-state index in [1.54, 1.807) is 0 Å². The Morgan fingerprint density at radius 3 is 2.81 bits per heavy atom. The molecule has 27 heavy (non-hydrogen) atoms. The molecule has 2 N–H and O–H groups in total. The van der Waals surface area contributed by atoms with Crippen molar-refractivity contribution < 1.29 is 4.42 Å². The largest absolute Gasteiger partial charge is 0.460 e. The number of benzene rings is 1. The highest BCUT2D eigenvalue weighted by Crippen LogP contribution is 2.25. The highest BCUT2D eigenvalue weighted by Gasteiger charge is 2.21. The van der Waals surface area contributed by atoms with E-state index in [0.717, 1.165) is 66.5 Å². The summed E-state index contributed by atoms with van der Waals surface area (Å²) in [5.41, 5.74) is 3.85. The monoisotopic (exact) mass is 361 g/mol. The number of hydrogen-bond donors (Lipinski definition) is 2. The van der Waals surface area contributed by atoms with E-state index >= 15 is 0 Å². The molecule has 3 heterocycles. The van der Waals surface area contributed by atoms with Gasteiger partial charge in [0.05, 0.1) is 17.4 Å². The lowest BCUT2D eigenvalue weighted by atomic mass is 10.0. The number of H-pyrrole nitrogens is 1. The first kappa shape index (κ1) is 17.4. The maximum absolute atomic E-state index is 9.31. The molecular formula is C21H23N5O. The minimum Gasteiger partial charge on any atom is -0.460 e. The van der Waals surface area contributed by atoms with Gasteiger partial charge in [0.25, 0.3) is 0 Å². The van der Waals surface area contributed by atoms with Gasteiger partial charge in [-0.3, -0.25) is 5.10 Å². The number of rotatable bonds is 5. The second kappa shape index (κ2) is 7.68. The number of aromatic amines is 1. The van der Waals surface area contributed by atoms with Gasteiger partial charge >= 0.3 is 0 Å². The molecule has 0 amide bonds. The van der Waals surface area contributed by atoms with Crippen LogP contribution < -0.4 is 10.2 Å². The maximum Gasteiger partial charge on any atom is 0.152 e. The second-order valence-electron chi connectivity index (χ2n) is 6.95. The number of para-hydroxylation sites is 1. The molecule has 0 spiro atoms. The van der Waals surface area contributed by atoms with Crippen molar-refractivity contribution in [1.82, 2.24) is 15.5 Å². The Bertz CT molecular complexity index is 943. The molecule has 1 fully saturated rings. The van der Waals surface area contributed by atoms with Gasteiger partial charge < -0.3 is 14.6 Å². The van der Waals surface area contributed by atoms with E-state index in [2.05, 4.69) is 26.5 Å². The topological polar surface area (TPSA) is 80.9 Å². The number of nitrogens with zero attached hydrogens (tertiary/aromatic N) is 3. The molecule has 0 aliphatic carbocycles. The first-order chi connectivity index (χ1) is 13.2. The summed E-state index contributed by atoms with van der Waals surface area (Å²) in [5.74, 6) is 1.72. The van der Waals surface area contributed by atoms with E-state index in [0.29, 0.717) is 6.04 Å². The standard InChI is InChI=1S/C21H23N5O/c1-15-6-7-20(27-15)21-17(14-24-25-21)13-23-18-8-10-26(11-9-18)19-5-3-2-4-16(19)12-22/h2-7,14,18,23H,8-11,13H2,1H3,(H,24,25). The molecule has 1 aliphatic heterocycles. The van der Waals surface area contributed by atoms with Crippen LogP contribution in [0.25, 0.3) is 11.5 Å². The Morgan fingerprint density at radius 1 is 1.26 bits per heavy atom. The Morgan fingerprint density at radius 2 is 2.07 bits per heavy atom. The lowest BCUT2D eigenvalue weighted by Crippen LogP contribution is -2.42. The molecule has 138 valence electrons. The van der Waals surface area contributed by atoms with Crippen molar-refractivity contribution in [2.24, 2.45) is 0 Å². The van der Waals surface area contributed by atoms with Crippen molar-refractivity contribution >= 4 is 5.69 Å². The van der Waals surface area contributed by atoms with Crippen LogP contribution in [0.5, 0.6) is 0 Å². The van der Waals surface area contributed by atoms with Gasteiger partial charge in [0, 0.05) is 31.2 Å². The average Bonchev–Trinajstić information content (AvgIpc) is 3.35. The molecule has 1 saturated heterocycles. The van der Waals surface area contributed by atoms with Crippen LogP contribution in [0, 0.1) is 18.3 Å². The normalized spacial score (nSPS) is 15.0. The number of aromatic nitrogens is 2. The van der Waals surface area contributed by atoms with Crippen molar-refractivity contribution in [1.29, 1.82) is 5.26 Å². The predicted octanol–water partition coefficient (Wildman–Crippen LogP) is 3.61. The zero-order chi connectivity index (χ0) is 18.6. The molecule has 6 heteroatoms. The van der Waals surface area contributed by atoms with Gasteiger partial charge in [0.15, 0.2) is 5.76 Å². The van der Waals surface area contributed by atoms with E-state index in [1.165, 1.54) is 0 Å². The third-order valence-electron chi connectivity index (χ3n) is 5.15. The van der Waals surface area contributed by atoms with Gasteiger partial charge in [-0.1, -0.05) is 12.1 Å². The summed E-state index contributed by atoms with van der Waals surface area (Å²) in [6, 6.07) is 14.5. The maximum atomic E-state index is 9.31. The van der Waals surface area contributed by atoms with Crippen molar-refractivity contribution in [3.05, 3.63) is 59.5 Å². The average molecular weight is 361 g/mol. The zero-order valence-electron chi connectivity index (χ0n) is 15.4. The van der Waals surface area contributed by atoms with Crippen LogP contribution in [-0.2, 0) is 6.54 Å². The van der Waals surface area contributed by atoms with Crippen molar-refractivity contribution in [3.63, 3.8) is 0 Å². The number of furan rings is 1. The van der Waals surface area contributed by atoms with Gasteiger partial charge in [0.1, 0.15) is 17.5 Å². The van der Waals surface area contributed by atoms with E-state index in [-0.39, 0.29) is 0 Å². The molecule has 2 aromatic heterocycles. The summed E-state index contributed by atoms with van der Waals surface area (Å²) < 4.78 is 5.71. The van der Waals surface area contributed by atoms with E-state index in [1.807, 2.05) is 49.5 Å². The lowest BCUT2D eigenvalue weighted by molar-refractivity contribution is 0.414. The zero-order valence-corrected chi connectivity index (χ0v) is 15.4. The van der Waals surface area contributed by atoms with Crippen LogP contribution in [-0.4, -0.2) is 29.3 Å². The third-order valence-corrected chi connectivity index (χ3v) is 5.15. The Hall–Kier alpha value is -3.04. The SMILES string of the molecule is Cc1ccc(-c2[nH]ncc2CNC2CCN(c3ccccc3C#N)CC2)o1. The minimum absolute atomic E-state index is 0.455. The van der Waals surface area contributed by atoms with Gasteiger partial charge in [-0.2, -0.15) is 10.4 Å². The van der Waals surface area contributed by atoms with Gasteiger partial charge in [-0.15, -0.1) is 0 Å². The van der Waals surface area contributed by atoms with Crippen LogP contribution >= 0.6 is 0 Å². The van der Waals surface area contributed by atoms with Crippen LogP contribution in [0.2, 0.25) is 0 Å². The smallest absolute Gasteiger partial charge is 0.152 e. The fraction of sp³-hybridized carbons (Fsp3) is 0.333. The highest BCUT2D eigenvalue weighted by atomic mass is 16.3. The quantitative estimate of drug-likeness (QED) is 0.726. The molecular weight excluding hydrogens is 338 g/mol. The van der Waals surface area contributed by atoms with Gasteiger partial charge in [-0.05, 0) is 44.0 Å². The summed E-state index contributed by atoms with van der Waals surface area (Å²) >= 11 is 0. The summed E-state index contributed by atoms with van der Waals surface area (Å²) in [6.45, 7) is 4.60. The number of hydrogen-bond acceptors (Lipinski definition) is 5. The fourth-order valence-electron chi connectivity index (χ4n) is 3.65. The van der Waals surface area contributed by atoms with Crippen LogP contribution in [0.1, 0.15) is 29.7 Å². The number of nitriles is 1. The first-order valence-electron chi connectivity index (χ1n) is 9.31. The number of anilines is 1. The summed E-state index contributed by atoms with van der Waals surface area (Å²) in [7, 11) is 0. The number of piperidine rings is 1. The summed E-state index contributed by atoms with van der Waals surface area (Å²) in [5, 5.41) is 20.2. The molecule has 0 saturated carbocycles. The van der Waals surface area contributed by atoms with Crippen molar-refractivity contribution in [2.75, 3.05) is 18.0 Å². The first-order valence-corrected chi connectivity index (χ1v) is 9.31. The highest BCUT2D eigenvalue weighted by molar-refractivity contribution is 5.59. The third kappa shape index (κ3) is 3.74. The molecule has 1 aliphatic rings. The minimum atomic E-state index is 0.455. The molecule has 0 radical (unpaired) electrons. The summed E-state index contributed by atoms with van der Waals surface area (Å²) in [6.07, 6.45) is 3.96. The van der Waals surface area contributed by atoms with Crippen LogP contribution in [0.3, 0.4) is 0 Å². The van der Waals surface area contributed by atoms with Crippen molar-refractivity contribution in [2.45, 2.75) is 32.4 Å². The van der Waals surface area contributed by atoms with E-state index in [4.69, 9.17) is 4.42 Å². The van der Waals surface area contributed by atoms with Gasteiger partial charge in [0.2, 0.25) is 0 Å². The molecule has 0 atom stereocenters. The van der Waals surface area contributed by atoms with E-state index in [9.17, 15) is 5.26 Å². The molecule has 1 aromatic carbocycles. The Balaban J connectivity index is 1.34. The van der Waals surface area contributed by atoms with Gasteiger partial charge in [-0.25, -0.2) is 0 Å². The number of nitrogens with one attached hydrogen (secondary N) is 2. The van der Waals surface area contributed by atoms with Crippen LogP contribution in [0.15, 0.2) is 47.0 Å². The second-order valence-corrected chi connectivity index (χ2v) is 6.95. The molecule has 0 bridgehead atoms. The summed E-state index contributed by atoms with van der Waals surface area (Å²) in [4.78, 5) is 2.31. The van der Waals surface area contributed by atoms with Crippen molar-refractivity contribution in [3.8, 4) is 17.5 Å². The molecule has 4 rings (SSSR count). The Kier molecular flexibility index (Phi) is 4.95.